The van der Waals surface area contributed by atoms with Crippen molar-refractivity contribution in [2.75, 3.05) is 6.54 Å². The molecule has 33 heavy (non-hydrogen) atoms. The summed E-state index contributed by atoms with van der Waals surface area (Å²) in [6.45, 7) is 3.29. The number of nitrogens with zero attached hydrogens (tertiary/aromatic N) is 4. The standard InChI is InChI=1S/C25H27Cl2N5O/c1-16-29-30-24(32(16)15-17-10-12-19(26)13-11-17)22-9-4-14-31(22)25(33)28-21-8-3-6-18-5-2-7-20(27)23(18)21/h2,5,7,10-13,21-22H,3-4,6,8-9,14-15H2,1H3,(H,28,33). The molecule has 2 atom stereocenters. The van der Waals surface area contributed by atoms with Crippen molar-refractivity contribution >= 4 is 29.2 Å². The molecule has 0 bridgehead atoms. The van der Waals surface area contributed by atoms with Crippen molar-refractivity contribution in [2.45, 2.75) is 57.7 Å². The first kappa shape index (κ1) is 22.2. The first-order chi connectivity index (χ1) is 16.0. The Hall–Kier alpha value is -2.57. The third kappa shape index (κ3) is 4.46. The lowest BCUT2D eigenvalue weighted by Crippen LogP contribution is -2.42. The van der Waals surface area contributed by atoms with Crippen LogP contribution in [0.15, 0.2) is 42.5 Å². The highest BCUT2D eigenvalue weighted by Crippen LogP contribution is 2.36. The number of amides is 2. The number of carbonyl (C=O) groups is 1. The van der Waals surface area contributed by atoms with E-state index in [1.54, 1.807) is 0 Å². The van der Waals surface area contributed by atoms with Gasteiger partial charge in [0.05, 0.1) is 18.6 Å². The molecule has 2 aliphatic rings. The molecule has 2 amide bonds. The lowest BCUT2D eigenvalue weighted by atomic mass is 9.87. The van der Waals surface area contributed by atoms with Gasteiger partial charge in [0.2, 0.25) is 0 Å². The number of rotatable bonds is 4. The maximum Gasteiger partial charge on any atom is 0.318 e. The summed E-state index contributed by atoms with van der Waals surface area (Å²) in [6, 6.07) is 13.6. The molecule has 1 saturated heterocycles. The highest BCUT2D eigenvalue weighted by molar-refractivity contribution is 6.31. The number of hydrogen-bond acceptors (Lipinski definition) is 3. The maximum atomic E-state index is 13.4. The zero-order valence-corrected chi connectivity index (χ0v) is 20.1. The van der Waals surface area contributed by atoms with Crippen LogP contribution in [0.25, 0.3) is 0 Å². The van der Waals surface area contributed by atoms with E-state index in [1.807, 2.05) is 48.2 Å². The molecule has 1 aromatic heterocycles. The van der Waals surface area contributed by atoms with Crippen LogP contribution in [-0.4, -0.2) is 32.2 Å². The first-order valence-corrected chi connectivity index (χ1v) is 12.3. The van der Waals surface area contributed by atoms with E-state index in [1.165, 1.54) is 5.56 Å². The highest BCUT2D eigenvalue weighted by Gasteiger charge is 2.35. The van der Waals surface area contributed by atoms with Crippen molar-refractivity contribution in [1.82, 2.24) is 25.0 Å². The number of aromatic nitrogens is 3. The Kier molecular flexibility index (Phi) is 6.30. The summed E-state index contributed by atoms with van der Waals surface area (Å²) in [7, 11) is 0. The molecular weight excluding hydrogens is 457 g/mol. The summed E-state index contributed by atoms with van der Waals surface area (Å²) in [5.74, 6) is 1.66. The fourth-order valence-electron chi connectivity index (χ4n) is 5.10. The number of urea groups is 1. The molecular formula is C25H27Cl2N5O. The Bertz CT molecular complexity index is 1160. The van der Waals surface area contributed by atoms with Gasteiger partial charge in [0, 0.05) is 16.6 Å². The first-order valence-electron chi connectivity index (χ1n) is 11.5. The van der Waals surface area contributed by atoms with E-state index < -0.39 is 0 Å². The molecule has 2 heterocycles. The Morgan fingerprint density at radius 1 is 1.09 bits per heavy atom. The molecule has 8 heteroatoms. The third-order valence-corrected chi connectivity index (χ3v) is 7.34. The minimum atomic E-state index is -0.104. The van der Waals surface area contributed by atoms with Crippen molar-refractivity contribution in [2.24, 2.45) is 0 Å². The van der Waals surface area contributed by atoms with Gasteiger partial charge in [-0.1, -0.05) is 47.5 Å². The molecule has 6 nitrogen and oxygen atoms in total. The number of hydrogen-bond donors (Lipinski definition) is 1. The number of fused-ring (bicyclic) bond motifs is 1. The monoisotopic (exact) mass is 483 g/mol. The SMILES string of the molecule is Cc1nnc(C2CCCN2C(=O)NC2CCCc3cccc(Cl)c32)n1Cc1ccc(Cl)cc1. The molecule has 2 unspecified atom stereocenters. The van der Waals surface area contributed by atoms with Crippen LogP contribution in [0.3, 0.4) is 0 Å². The normalized spacial score (nSPS) is 20.0. The van der Waals surface area contributed by atoms with Crippen molar-refractivity contribution in [3.8, 4) is 0 Å². The van der Waals surface area contributed by atoms with Crippen LogP contribution in [-0.2, 0) is 13.0 Å². The highest BCUT2D eigenvalue weighted by atomic mass is 35.5. The van der Waals surface area contributed by atoms with Crippen LogP contribution in [0, 0.1) is 6.92 Å². The topological polar surface area (TPSA) is 63.1 Å². The van der Waals surface area contributed by atoms with Gasteiger partial charge in [-0.3, -0.25) is 0 Å². The summed E-state index contributed by atoms with van der Waals surface area (Å²) in [4.78, 5) is 15.3. The van der Waals surface area contributed by atoms with Gasteiger partial charge in [0.25, 0.3) is 0 Å². The summed E-state index contributed by atoms with van der Waals surface area (Å²) in [6.07, 6.45) is 4.74. The van der Waals surface area contributed by atoms with E-state index in [2.05, 4.69) is 26.1 Å². The average Bonchev–Trinajstić information content (AvgIpc) is 3.42. The van der Waals surface area contributed by atoms with E-state index in [0.717, 1.165) is 59.9 Å². The second-order valence-electron chi connectivity index (χ2n) is 8.88. The molecule has 172 valence electrons. The minimum Gasteiger partial charge on any atom is -0.331 e. The number of nitrogens with one attached hydrogen (secondary N) is 1. The molecule has 1 fully saturated rings. The largest absolute Gasteiger partial charge is 0.331 e. The van der Waals surface area contributed by atoms with Crippen LogP contribution in [0.2, 0.25) is 10.0 Å². The fraction of sp³-hybridized carbons (Fsp3) is 0.400. The van der Waals surface area contributed by atoms with E-state index in [-0.39, 0.29) is 18.1 Å². The number of carbonyl (C=O) groups excluding carboxylic acids is 1. The smallest absolute Gasteiger partial charge is 0.318 e. The molecule has 1 N–H and O–H groups in total. The molecule has 5 rings (SSSR count). The Morgan fingerprint density at radius 2 is 1.91 bits per heavy atom. The third-order valence-electron chi connectivity index (χ3n) is 6.76. The summed E-state index contributed by atoms with van der Waals surface area (Å²) >= 11 is 12.6. The van der Waals surface area contributed by atoms with Crippen LogP contribution in [0.1, 0.15) is 66.1 Å². The second kappa shape index (κ2) is 9.35. The molecule has 2 aromatic carbocycles. The van der Waals surface area contributed by atoms with Gasteiger partial charge < -0.3 is 14.8 Å². The van der Waals surface area contributed by atoms with Crippen LogP contribution in [0.4, 0.5) is 4.79 Å². The van der Waals surface area contributed by atoms with Gasteiger partial charge in [0.15, 0.2) is 5.82 Å². The lowest BCUT2D eigenvalue weighted by Gasteiger charge is -2.31. The Balaban J connectivity index is 1.36. The predicted molar refractivity (Wildman–Crippen MR) is 130 cm³/mol. The van der Waals surface area contributed by atoms with E-state index in [9.17, 15) is 4.79 Å². The second-order valence-corrected chi connectivity index (χ2v) is 9.72. The Labute approximate surface area is 203 Å². The predicted octanol–water partition coefficient (Wildman–Crippen LogP) is 5.87. The summed E-state index contributed by atoms with van der Waals surface area (Å²) in [5, 5.41) is 13.5. The number of benzene rings is 2. The van der Waals surface area contributed by atoms with Crippen molar-refractivity contribution in [1.29, 1.82) is 0 Å². The molecule has 1 aliphatic heterocycles. The lowest BCUT2D eigenvalue weighted by molar-refractivity contribution is 0.184. The van der Waals surface area contributed by atoms with E-state index in [4.69, 9.17) is 23.2 Å². The van der Waals surface area contributed by atoms with Crippen LogP contribution < -0.4 is 5.32 Å². The zero-order valence-electron chi connectivity index (χ0n) is 18.6. The van der Waals surface area contributed by atoms with Gasteiger partial charge in [-0.15, -0.1) is 10.2 Å². The molecule has 0 saturated carbocycles. The number of aryl methyl sites for hydroxylation is 2. The van der Waals surface area contributed by atoms with Gasteiger partial charge in [-0.25, -0.2) is 4.79 Å². The van der Waals surface area contributed by atoms with Crippen molar-refractivity contribution < 1.29 is 4.79 Å². The van der Waals surface area contributed by atoms with Gasteiger partial charge in [-0.05, 0) is 73.9 Å². The van der Waals surface area contributed by atoms with Gasteiger partial charge in [-0.2, -0.15) is 0 Å². The summed E-state index contributed by atoms with van der Waals surface area (Å²) < 4.78 is 2.10. The van der Waals surface area contributed by atoms with Crippen molar-refractivity contribution in [3.05, 3.63) is 80.8 Å². The summed E-state index contributed by atoms with van der Waals surface area (Å²) in [5.41, 5.74) is 3.41. The van der Waals surface area contributed by atoms with E-state index >= 15 is 0 Å². The van der Waals surface area contributed by atoms with E-state index in [0.29, 0.717) is 18.1 Å². The number of likely N-dealkylation sites (tertiary alicyclic amines) is 1. The van der Waals surface area contributed by atoms with Gasteiger partial charge in [0.1, 0.15) is 5.82 Å². The van der Waals surface area contributed by atoms with Gasteiger partial charge >= 0.3 is 6.03 Å². The minimum absolute atomic E-state index is 0.0611. The number of halogens is 2. The van der Waals surface area contributed by atoms with Crippen molar-refractivity contribution in [3.63, 3.8) is 0 Å². The molecule has 0 spiro atoms. The molecule has 1 aliphatic carbocycles. The fourth-order valence-corrected chi connectivity index (χ4v) is 5.55. The average molecular weight is 484 g/mol. The zero-order chi connectivity index (χ0) is 22.9. The quantitative estimate of drug-likeness (QED) is 0.504. The molecule has 3 aromatic rings. The Morgan fingerprint density at radius 3 is 2.73 bits per heavy atom. The van der Waals surface area contributed by atoms with Crippen LogP contribution >= 0.6 is 23.2 Å². The van der Waals surface area contributed by atoms with Crippen LogP contribution in [0.5, 0.6) is 0 Å². The molecule has 0 radical (unpaired) electrons. The maximum absolute atomic E-state index is 13.4.